The molecule has 1 aromatic carbocycles. The van der Waals surface area contributed by atoms with Crippen LogP contribution in [0.4, 0.5) is 5.69 Å². The van der Waals surface area contributed by atoms with Crippen LogP contribution >= 0.6 is 0 Å². The van der Waals surface area contributed by atoms with Gasteiger partial charge in [0.25, 0.3) is 0 Å². The summed E-state index contributed by atoms with van der Waals surface area (Å²) in [5.74, 6) is 0.903. The Bertz CT molecular complexity index is 367. The van der Waals surface area contributed by atoms with Gasteiger partial charge in [-0.3, -0.25) is 0 Å². The molecule has 108 valence electrons. The number of nitrogens with zero attached hydrogens (tertiary/aromatic N) is 1. The first-order valence-corrected chi connectivity index (χ1v) is 6.91. The van der Waals surface area contributed by atoms with Crippen LogP contribution in [0, 0.1) is 5.41 Å². The Morgan fingerprint density at radius 1 is 1.21 bits per heavy atom. The Morgan fingerprint density at radius 3 is 2.21 bits per heavy atom. The van der Waals surface area contributed by atoms with Crippen molar-refractivity contribution in [3.63, 3.8) is 0 Å². The molecular formula is C16H28N2O. The summed E-state index contributed by atoms with van der Waals surface area (Å²) < 4.78 is 5.18. The lowest BCUT2D eigenvalue weighted by molar-refractivity contribution is 0.270. The van der Waals surface area contributed by atoms with Crippen LogP contribution in [0.5, 0.6) is 5.75 Å². The SMILES string of the molecule is CNC(CCN(C)c1ccc(OC)cc1)C(C)(C)C. The van der Waals surface area contributed by atoms with E-state index in [1.165, 1.54) is 5.69 Å². The summed E-state index contributed by atoms with van der Waals surface area (Å²) in [6, 6.07) is 8.73. The molecule has 0 saturated heterocycles. The standard InChI is InChI=1S/C16H28N2O/c1-16(2,3)15(17-4)11-12-18(5)13-7-9-14(19-6)10-8-13/h7-10,15,17H,11-12H2,1-6H3. The van der Waals surface area contributed by atoms with Gasteiger partial charge in [0.15, 0.2) is 0 Å². The Hall–Kier alpha value is -1.22. The molecule has 0 amide bonds. The van der Waals surface area contributed by atoms with Crippen molar-refractivity contribution < 1.29 is 4.74 Å². The summed E-state index contributed by atoms with van der Waals surface area (Å²) in [6.45, 7) is 7.87. The van der Waals surface area contributed by atoms with Gasteiger partial charge in [0.1, 0.15) is 5.75 Å². The Balaban J connectivity index is 2.56. The monoisotopic (exact) mass is 264 g/mol. The van der Waals surface area contributed by atoms with E-state index in [9.17, 15) is 0 Å². The van der Waals surface area contributed by atoms with Crippen LogP contribution in [0.3, 0.4) is 0 Å². The van der Waals surface area contributed by atoms with Crippen LogP contribution in [0.25, 0.3) is 0 Å². The van der Waals surface area contributed by atoms with Gasteiger partial charge in [-0.25, -0.2) is 0 Å². The highest BCUT2D eigenvalue weighted by Crippen LogP contribution is 2.23. The number of hydrogen-bond acceptors (Lipinski definition) is 3. The number of nitrogens with one attached hydrogen (secondary N) is 1. The van der Waals surface area contributed by atoms with Gasteiger partial charge in [-0.15, -0.1) is 0 Å². The number of benzene rings is 1. The van der Waals surface area contributed by atoms with Gasteiger partial charge in [0.2, 0.25) is 0 Å². The van der Waals surface area contributed by atoms with E-state index in [4.69, 9.17) is 4.74 Å². The third-order valence-corrected chi connectivity index (χ3v) is 3.66. The number of hydrogen-bond donors (Lipinski definition) is 1. The Labute approximate surface area is 118 Å². The molecule has 3 heteroatoms. The molecular weight excluding hydrogens is 236 g/mol. The maximum atomic E-state index is 5.18. The first kappa shape index (κ1) is 15.8. The fourth-order valence-corrected chi connectivity index (χ4v) is 2.30. The van der Waals surface area contributed by atoms with Gasteiger partial charge in [0, 0.05) is 25.3 Å². The van der Waals surface area contributed by atoms with Crippen molar-refractivity contribution in [2.45, 2.75) is 33.2 Å². The molecule has 0 heterocycles. The van der Waals surface area contributed by atoms with Gasteiger partial charge in [-0.2, -0.15) is 0 Å². The highest BCUT2D eigenvalue weighted by atomic mass is 16.5. The molecule has 19 heavy (non-hydrogen) atoms. The first-order valence-electron chi connectivity index (χ1n) is 6.91. The predicted molar refractivity (Wildman–Crippen MR) is 83.2 cm³/mol. The van der Waals surface area contributed by atoms with Crippen molar-refractivity contribution in [3.05, 3.63) is 24.3 Å². The molecule has 1 aromatic rings. The molecule has 1 atom stereocenters. The van der Waals surface area contributed by atoms with Crippen molar-refractivity contribution >= 4 is 5.69 Å². The zero-order valence-electron chi connectivity index (χ0n) is 13.2. The molecule has 1 unspecified atom stereocenters. The van der Waals surface area contributed by atoms with Crippen molar-refractivity contribution in [1.29, 1.82) is 0 Å². The number of anilines is 1. The minimum Gasteiger partial charge on any atom is -0.497 e. The van der Waals surface area contributed by atoms with Gasteiger partial charge in [-0.05, 0) is 43.1 Å². The van der Waals surface area contributed by atoms with E-state index < -0.39 is 0 Å². The van der Waals surface area contributed by atoms with Crippen LogP contribution in [-0.2, 0) is 0 Å². The summed E-state index contributed by atoms with van der Waals surface area (Å²) in [5, 5.41) is 3.42. The summed E-state index contributed by atoms with van der Waals surface area (Å²) in [7, 11) is 5.88. The van der Waals surface area contributed by atoms with Crippen molar-refractivity contribution in [2.75, 3.05) is 32.6 Å². The van der Waals surface area contributed by atoms with E-state index in [1.54, 1.807) is 7.11 Å². The zero-order chi connectivity index (χ0) is 14.5. The van der Waals surface area contributed by atoms with Crippen LogP contribution in [0.15, 0.2) is 24.3 Å². The van der Waals surface area contributed by atoms with Crippen LogP contribution in [-0.4, -0.2) is 33.8 Å². The lowest BCUT2D eigenvalue weighted by atomic mass is 9.85. The van der Waals surface area contributed by atoms with Crippen molar-refractivity contribution in [3.8, 4) is 5.75 Å². The normalized spacial score (nSPS) is 13.2. The van der Waals surface area contributed by atoms with Crippen LogP contribution < -0.4 is 15.0 Å². The molecule has 0 saturated carbocycles. The minimum absolute atomic E-state index is 0.287. The largest absolute Gasteiger partial charge is 0.497 e. The van der Waals surface area contributed by atoms with Crippen molar-refractivity contribution in [2.24, 2.45) is 5.41 Å². The lowest BCUT2D eigenvalue weighted by Crippen LogP contribution is -2.40. The molecule has 0 aliphatic heterocycles. The van der Waals surface area contributed by atoms with E-state index in [0.29, 0.717) is 6.04 Å². The fraction of sp³-hybridized carbons (Fsp3) is 0.625. The van der Waals surface area contributed by atoms with Gasteiger partial charge >= 0.3 is 0 Å². The third-order valence-electron chi connectivity index (χ3n) is 3.66. The maximum Gasteiger partial charge on any atom is 0.119 e. The van der Waals surface area contributed by atoms with Crippen LogP contribution in [0.1, 0.15) is 27.2 Å². The Morgan fingerprint density at radius 2 is 1.79 bits per heavy atom. The summed E-state index contributed by atoms with van der Waals surface area (Å²) >= 11 is 0. The fourth-order valence-electron chi connectivity index (χ4n) is 2.30. The van der Waals surface area contributed by atoms with E-state index in [1.807, 2.05) is 19.2 Å². The average molecular weight is 264 g/mol. The van der Waals surface area contributed by atoms with E-state index >= 15 is 0 Å². The number of methoxy groups -OCH3 is 1. The molecule has 1 N–H and O–H groups in total. The molecule has 3 nitrogen and oxygen atoms in total. The molecule has 0 fully saturated rings. The number of rotatable bonds is 6. The maximum absolute atomic E-state index is 5.18. The highest BCUT2D eigenvalue weighted by Gasteiger charge is 2.22. The molecule has 0 radical (unpaired) electrons. The van der Waals surface area contributed by atoms with E-state index in [-0.39, 0.29) is 5.41 Å². The van der Waals surface area contributed by atoms with Gasteiger partial charge < -0.3 is 15.0 Å². The Kier molecular flexibility index (Phi) is 5.67. The second-order valence-corrected chi connectivity index (χ2v) is 6.12. The minimum atomic E-state index is 0.287. The topological polar surface area (TPSA) is 24.5 Å². The lowest BCUT2D eigenvalue weighted by Gasteiger charge is -2.32. The van der Waals surface area contributed by atoms with E-state index in [0.717, 1.165) is 18.7 Å². The quantitative estimate of drug-likeness (QED) is 0.854. The second-order valence-electron chi connectivity index (χ2n) is 6.12. The zero-order valence-corrected chi connectivity index (χ0v) is 13.2. The molecule has 0 aromatic heterocycles. The summed E-state index contributed by atoms with van der Waals surface area (Å²) in [5.41, 5.74) is 1.51. The molecule has 0 aliphatic rings. The first-order chi connectivity index (χ1) is 8.88. The van der Waals surface area contributed by atoms with Crippen LogP contribution in [0.2, 0.25) is 0 Å². The van der Waals surface area contributed by atoms with Gasteiger partial charge in [0.05, 0.1) is 7.11 Å². The summed E-state index contributed by atoms with van der Waals surface area (Å²) in [4.78, 5) is 2.29. The summed E-state index contributed by atoms with van der Waals surface area (Å²) in [6.07, 6.45) is 1.13. The van der Waals surface area contributed by atoms with Crippen molar-refractivity contribution in [1.82, 2.24) is 5.32 Å². The third kappa shape index (κ3) is 4.75. The molecule has 1 rings (SSSR count). The highest BCUT2D eigenvalue weighted by molar-refractivity contribution is 5.48. The predicted octanol–water partition coefficient (Wildman–Crippen LogP) is 3.16. The average Bonchev–Trinajstić information content (AvgIpc) is 2.37. The van der Waals surface area contributed by atoms with E-state index in [2.05, 4.69) is 50.2 Å². The smallest absolute Gasteiger partial charge is 0.119 e. The number of ether oxygens (including phenoxy) is 1. The molecule has 0 aliphatic carbocycles. The van der Waals surface area contributed by atoms with Gasteiger partial charge in [-0.1, -0.05) is 20.8 Å². The second kappa shape index (κ2) is 6.80. The molecule has 0 spiro atoms. The molecule has 0 bridgehead atoms.